The Morgan fingerprint density at radius 2 is 2.00 bits per heavy atom. The molecule has 0 spiro atoms. The van der Waals surface area contributed by atoms with Gasteiger partial charge in [0.15, 0.2) is 0 Å². The van der Waals surface area contributed by atoms with Crippen LogP contribution in [0.1, 0.15) is 12.3 Å². The number of nitrogens with zero attached hydrogens (tertiary/aromatic N) is 2. The molecule has 1 atom stereocenters. The van der Waals surface area contributed by atoms with Crippen LogP contribution in [0.15, 0.2) is 28.8 Å². The van der Waals surface area contributed by atoms with E-state index in [0.717, 1.165) is 13.0 Å². The van der Waals surface area contributed by atoms with Gasteiger partial charge >= 0.3 is 12.1 Å². The highest BCUT2D eigenvalue weighted by atomic mass is 35.5. The lowest BCUT2D eigenvalue weighted by molar-refractivity contribution is -0.159. The summed E-state index contributed by atoms with van der Waals surface area (Å²) in [4.78, 5) is 15.3. The minimum absolute atomic E-state index is 0. The highest BCUT2D eigenvalue weighted by Gasteiger charge is 2.38. The maximum absolute atomic E-state index is 12.4. The molecule has 0 saturated carbocycles. The molecule has 2 aromatic rings. The second-order valence-corrected chi connectivity index (χ2v) is 5.18. The molecule has 130 valence electrons. The third-order valence-corrected chi connectivity index (χ3v) is 3.51. The zero-order chi connectivity index (χ0) is 16.4. The van der Waals surface area contributed by atoms with Crippen molar-refractivity contribution in [1.82, 2.24) is 15.5 Å². The van der Waals surface area contributed by atoms with Crippen LogP contribution < -0.4 is 10.6 Å². The number of amides is 1. The number of halogens is 4. The lowest BCUT2D eigenvalue weighted by Crippen LogP contribution is -2.24. The van der Waals surface area contributed by atoms with Gasteiger partial charge in [0.2, 0.25) is 11.7 Å². The fraction of sp³-hybridized carbons (Fsp3) is 0.357. The van der Waals surface area contributed by atoms with E-state index in [9.17, 15) is 18.0 Å². The van der Waals surface area contributed by atoms with Gasteiger partial charge in [0, 0.05) is 17.8 Å². The third kappa shape index (κ3) is 4.04. The SMILES string of the molecule is Cl.O=C(Nc1ccc(-c2noc(C(F)(F)F)n2)cc1)C1CCNC1. The standard InChI is InChI=1S/C14H13F3N4O2.ClH/c15-14(16,17)13-20-11(21-23-13)8-1-3-10(4-2-8)19-12(22)9-5-6-18-7-9;/h1-4,9,18H,5-7H2,(H,19,22);1H. The lowest BCUT2D eigenvalue weighted by Gasteiger charge is -2.09. The van der Waals surface area contributed by atoms with Gasteiger partial charge in [0.25, 0.3) is 0 Å². The fourth-order valence-electron chi connectivity index (χ4n) is 2.28. The number of alkyl halides is 3. The van der Waals surface area contributed by atoms with Crippen molar-refractivity contribution in [3.63, 3.8) is 0 Å². The first-order chi connectivity index (χ1) is 10.9. The second-order valence-electron chi connectivity index (χ2n) is 5.18. The van der Waals surface area contributed by atoms with E-state index >= 15 is 0 Å². The summed E-state index contributed by atoms with van der Waals surface area (Å²) in [6.07, 6.45) is -3.89. The summed E-state index contributed by atoms with van der Waals surface area (Å²) < 4.78 is 41.5. The molecule has 0 aliphatic carbocycles. The van der Waals surface area contributed by atoms with Gasteiger partial charge in [0.05, 0.1) is 5.92 Å². The summed E-state index contributed by atoms with van der Waals surface area (Å²) in [5.41, 5.74) is 0.926. The Bertz CT molecular complexity index is 697. The zero-order valence-corrected chi connectivity index (χ0v) is 13.1. The van der Waals surface area contributed by atoms with Crippen molar-refractivity contribution in [3.8, 4) is 11.4 Å². The molecule has 1 amide bonds. The second kappa shape index (κ2) is 7.18. The maximum Gasteiger partial charge on any atom is 0.471 e. The topological polar surface area (TPSA) is 80.1 Å². The molecule has 1 aromatic carbocycles. The molecule has 1 saturated heterocycles. The van der Waals surface area contributed by atoms with Gasteiger partial charge in [-0.05, 0) is 37.2 Å². The highest BCUT2D eigenvalue weighted by Crippen LogP contribution is 2.29. The van der Waals surface area contributed by atoms with Crippen molar-refractivity contribution in [2.24, 2.45) is 5.92 Å². The Hall–Kier alpha value is -2.13. The number of anilines is 1. The first kappa shape index (κ1) is 18.2. The Balaban J connectivity index is 0.00000208. The van der Waals surface area contributed by atoms with E-state index in [1.54, 1.807) is 12.1 Å². The van der Waals surface area contributed by atoms with Crippen LogP contribution in [0, 0.1) is 5.92 Å². The van der Waals surface area contributed by atoms with E-state index in [-0.39, 0.29) is 30.1 Å². The number of carbonyl (C=O) groups is 1. The molecule has 0 radical (unpaired) electrons. The van der Waals surface area contributed by atoms with Crippen molar-refractivity contribution >= 4 is 24.0 Å². The Labute approximate surface area is 141 Å². The van der Waals surface area contributed by atoms with E-state index in [0.29, 0.717) is 17.8 Å². The molecule has 3 rings (SSSR count). The number of aromatic nitrogens is 2. The van der Waals surface area contributed by atoms with E-state index < -0.39 is 12.1 Å². The first-order valence-corrected chi connectivity index (χ1v) is 6.96. The number of benzene rings is 1. The van der Waals surface area contributed by atoms with Crippen molar-refractivity contribution in [3.05, 3.63) is 30.2 Å². The van der Waals surface area contributed by atoms with Crippen LogP contribution in [0.3, 0.4) is 0 Å². The average Bonchev–Trinajstić information content (AvgIpc) is 3.19. The predicted octanol–water partition coefficient (Wildman–Crippen LogP) is 2.73. The minimum Gasteiger partial charge on any atom is -0.329 e. The van der Waals surface area contributed by atoms with Gasteiger partial charge in [-0.1, -0.05) is 5.16 Å². The van der Waals surface area contributed by atoms with Gasteiger partial charge in [-0.25, -0.2) is 0 Å². The van der Waals surface area contributed by atoms with Crippen molar-refractivity contribution in [1.29, 1.82) is 0 Å². The summed E-state index contributed by atoms with van der Waals surface area (Å²) in [7, 11) is 0. The van der Waals surface area contributed by atoms with Crippen LogP contribution in [0.2, 0.25) is 0 Å². The van der Waals surface area contributed by atoms with Gasteiger partial charge in [0.1, 0.15) is 0 Å². The Morgan fingerprint density at radius 3 is 2.54 bits per heavy atom. The molecule has 10 heteroatoms. The molecule has 1 fully saturated rings. The molecule has 1 unspecified atom stereocenters. The number of carbonyl (C=O) groups excluding carboxylic acids is 1. The Kier molecular flexibility index (Phi) is 5.45. The van der Waals surface area contributed by atoms with Crippen molar-refractivity contribution < 1.29 is 22.5 Å². The number of hydrogen-bond acceptors (Lipinski definition) is 5. The number of rotatable bonds is 3. The molecule has 2 heterocycles. The smallest absolute Gasteiger partial charge is 0.329 e. The van der Waals surface area contributed by atoms with Gasteiger partial charge in [-0.3, -0.25) is 4.79 Å². The van der Waals surface area contributed by atoms with E-state index in [1.165, 1.54) is 12.1 Å². The van der Waals surface area contributed by atoms with Crippen molar-refractivity contribution in [2.45, 2.75) is 12.6 Å². The van der Waals surface area contributed by atoms with Gasteiger partial charge < -0.3 is 15.2 Å². The van der Waals surface area contributed by atoms with E-state index in [2.05, 4.69) is 25.3 Å². The van der Waals surface area contributed by atoms with Crippen molar-refractivity contribution in [2.75, 3.05) is 18.4 Å². The summed E-state index contributed by atoms with van der Waals surface area (Å²) in [5.74, 6) is -1.70. The van der Waals surface area contributed by atoms with Crippen LogP contribution >= 0.6 is 12.4 Å². The molecule has 0 bridgehead atoms. The molecule has 24 heavy (non-hydrogen) atoms. The van der Waals surface area contributed by atoms with Gasteiger partial charge in [-0.15, -0.1) is 12.4 Å². The molecule has 1 aliphatic rings. The van der Waals surface area contributed by atoms with E-state index in [1.807, 2.05) is 0 Å². The average molecular weight is 363 g/mol. The maximum atomic E-state index is 12.4. The molecular weight excluding hydrogens is 349 g/mol. The zero-order valence-electron chi connectivity index (χ0n) is 12.3. The minimum atomic E-state index is -4.67. The first-order valence-electron chi connectivity index (χ1n) is 6.96. The van der Waals surface area contributed by atoms with Crippen LogP contribution in [-0.2, 0) is 11.0 Å². The van der Waals surface area contributed by atoms with Gasteiger partial charge in [-0.2, -0.15) is 18.2 Å². The third-order valence-electron chi connectivity index (χ3n) is 3.51. The predicted molar refractivity (Wildman–Crippen MR) is 81.6 cm³/mol. The normalized spacial score (nSPS) is 17.4. The summed E-state index contributed by atoms with van der Waals surface area (Å²) in [5, 5.41) is 9.18. The summed E-state index contributed by atoms with van der Waals surface area (Å²) in [6.45, 7) is 1.46. The molecule has 2 N–H and O–H groups in total. The number of nitrogens with one attached hydrogen (secondary N) is 2. The Morgan fingerprint density at radius 1 is 1.29 bits per heavy atom. The highest BCUT2D eigenvalue weighted by molar-refractivity contribution is 5.93. The lowest BCUT2D eigenvalue weighted by atomic mass is 10.1. The molecular formula is C14H14ClF3N4O2. The molecule has 1 aromatic heterocycles. The molecule has 1 aliphatic heterocycles. The fourth-order valence-corrected chi connectivity index (χ4v) is 2.28. The van der Waals surface area contributed by atoms with Crippen LogP contribution in [0.4, 0.5) is 18.9 Å². The largest absolute Gasteiger partial charge is 0.471 e. The molecule has 6 nitrogen and oxygen atoms in total. The number of hydrogen-bond donors (Lipinski definition) is 2. The summed E-state index contributed by atoms with van der Waals surface area (Å²) >= 11 is 0. The van der Waals surface area contributed by atoms with Crippen LogP contribution in [-0.4, -0.2) is 29.1 Å². The van der Waals surface area contributed by atoms with Crippen LogP contribution in [0.5, 0.6) is 0 Å². The summed E-state index contributed by atoms with van der Waals surface area (Å²) in [6, 6.07) is 6.21. The van der Waals surface area contributed by atoms with Crippen LogP contribution in [0.25, 0.3) is 11.4 Å². The monoisotopic (exact) mass is 362 g/mol. The quantitative estimate of drug-likeness (QED) is 0.877. The van der Waals surface area contributed by atoms with E-state index in [4.69, 9.17) is 0 Å².